The maximum Gasteiger partial charge on any atom is 0.185 e. The van der Waals surface area contributed by atoms with E-state index in [-0.39, 0.29) is 0 Å². The molecule has 5 nitrogen and oxygen atoms in total. The van der Waals surface area contributed by atoms with Crippen molar-refractivity contribution >= 4 is 16.5 Å². The molecule has 0 atom stereocenters. The summed E-state index contributed by atoms with van der Waals surface area (Å²) in [7, 11) is 3.38. The van der Waals surface area contributed by atoms with Crippen LogP contribution in [0.1, 0.15) is 10.4 Å². The van der Waals surface area contributed by atoms with Crippen LogP contribution in [0.3, 0.4) is 0 Å². The van der Waals surface area contributed by atoms with Crippen LogP contribution >= 0.6 is 11.3 Å². The van der Waals surface area contributed by atoms with Crippen LogP contribution in [0.2, 0.25) is 0 Å². The minimum Gasteiger partial charge on any atom is -0.497 e. The van der Waals surface area contributed by atoms with Gasteiger partial charge in [-0.1, -0.05) is 0 Å². The second-order valence-corrected chi connectivity index (χ2v) is 6.95. The molecule has 6 heteroatoms. The van der Waals surface area contributed by atoms with Gasteiger partial charge in [-0.25, -0.2) is 4.98 Å². The lowest BCUT2D eigenvalue weighted by atomic mass is 10.1. The summed E-state index contributed by atoms with van der Waals surface area (Å²) in [4.78, 5) is 10.6. The van der Waals surface area contributed by atoms with Crippen LogP contribution in [0.25, 0.3) is 0 Å². The summed E-state index contributed by atoms with van der Waals surface area (Å²) in [6.45, 7) is 7.14. The molecule has 0 saturated carbocycles. The standard InChI is InChI=1S/C17H23N3O2S/c1-13-11-18-17(23-13)20-6-4-19(5-7-20)12-14-8-15(21-2)10-16(9-14)22-3/h8-11H,4-7,12H2,1-3H3. The molecule has 0 unspecified atom stereocenters. The molecule has 0 amide bonds. The van der Waals surface area contributed by atoms with E-state index in [0.29, 0.717) is 0 Å². The highest BCUT2D eigenvalue weighted by atomic mass is 32.1. The van der Waals surface area contributed by atoms with E-state index >= 15 is 0 Å². The van der Waals surface area contributed by atoms with E-state index in [2.05, 4.69) is 33.8 Å². The third-order valence-corrected chi connectivity index (χ3v) is 5.04. The minimum atomic E-state index is 0.844. The van der Waals surface area contributed by atoms with Crippen LogP contribution in [-0.2, 0) is 6.54 Å². The molecule has 124 valence electrons. The van der Waals surface area contributed by atoms with E-state index in [9.17, 15) is 0 Å². The number of benzene rings is 1. The average molecular weight is 333 g/mol. The van der Waals surface area contributed by atoms with Crippen LogP contribution < -0.4 is 14.4 Å². The lowest BCUT2D eigenvalue weighted by Gasteiger charge is -2.34. The number of methoxy groups -OCH3 is 2. The Bertz CT molecular complexity index is 629. The minimum absolute atomic E-state index is 0.844. The lowest BCUT2D eigenvalue weighted by molar-refractivity contribution is 0.249. The molecule has 0 radical (unpaired) electrons. The van der Waals surface area contributed by atoms with Crippen molar-refractivity contribution in [1.29, 1.82) is 0 Å². The summed E-state index contributed by atoms with van der Waals surface area (Å²) in [5.74, 6) is 1.69. The fourth-order valence-corrected chi connectivity index (χ4v) is 3.61. The molecule has 0 bridgehead atoms. The summed E-state index contributed by atoms with van der Waals surface area (Å²) < 4.78 is 10.7. The van der Waals surface area contributed by atoms with Gasteiger partial charge in [0.25, 0.3) is 0 Å². The van der Waals surface area contributed by atoms with Crippen LogP contribution in [0.4, 0.5) is 5.13 Å². The zero-order chi connectivity index (χ0) is 16.2. The van der Waals surface area contributed by atoms with Crippen molar-refractivity contribution in [2.45, 2.75) is 13.5 Å². The first-order valence-electron chi connectivity index (χ1n) is 7.79. The molecule has 1 aliphatic rings. The Kier molecular flexibility index (Phi) is 5.03. The predicted molar refractivity (Wildman–Crippen MR) is 93.9 cm³/mol. The molecule has 23 heavy (non-hydrogen) atoms. The zero-order valence-electron chi connectivity index (χ0n) is 13.9. The molecule has 0 aliphatic carbocycles. The fourth-order valence-electron chi connectivity index (χ4n) is 2.80. The Morgan fingerprint density at radius 2 is 1.70 bits per heavy atom. The number of piperazine rings is 1. The molecule has 0 N–H and O–H groups in total. The van der Waals surface area contributed by atoms with Crippen LogP contribution in [0, 0.1) is 6.92 Å². The van der Waals surface area contributed by atoms with Crippen LogP contribution in [0.15, 0.2) is 24.4 Å². The monoisotopic (exact) mass is 333 g/mol. The highest BCUT2D eigenvalue weighted by Crippen LogP contribution is 2.25. The summed E-state index contributed by atoms with van der Waals surface area (Å²) >= 11 is 1.77. The first-order valence-corrected chi connectivity index (χ1v) is 8.61. The Morgan fingerprint density at radius 3 is 2.22 bits per heavy atom. The smallest absolute Gasteiger partial charge is 0.185 e. The second kappa shape index (κ2) is 7.19. The van der Waals surface area contributed by atoms with Crippen molar-refractivity contribution in [2.75, 3.05) is 45.3 Å². The van der Waals surface area contributed by atoms with Gasteiger partial charge in [0.2, 0.25) is 0 Å². The predicted octanol–water partition coefficient (Wildman–Crippen LogP) is 2.79. The molecule has 3 rings (SSSR count). The Labute approximate surface area is 141 Å². The summed E-state index contributed by atoms with van der Waals surface area (Å²) in [5.41, 5.74) is 1.22. The number of nitrogens with zero attached hydrogens (tertiary/aromatic N) is 3. The molecule has 1 aromatic carbocycles. The normalized spacial score (nSPS) is 15.7. The Hall–Kier alpha value is -1.79. The van der Waals surface area contributed by atoms with E-state index in [1.165, 1.54) is 10.4 Å². The number of hydrogen-bond donors (Lipinski definition) is 0. The van der Waals surface area contributed by atoms with Crippen molar-refractivity contribution in [3.63, 3.8) is 0 Å². The van der Waals surface area contributed by atoms with Gasteiger partial charge in [-0.05, 0) is 24.6 Å². The first kappa shape index (κ1) is 16.1. The van der Waals surface area contributed by atoms with Crippen LogP contribution in [-0.4, -0.2) is 50.3 Å². The quantitative estimate of drug-likeness (QED) is 0.841. The van der Waals surface area contributed by atoms with Gasteiger partial charge in [0, 0.05) is 49.9 Å². The largest absolute Gasteiger partial charge is 0.497 e. The van der Waals surface area contributed by atoms with Gasteiger partial charge in [0.05, 0.1) is 14.2 Å². The topological polar surface area (TPSA) is 37.8 Å². The summed E-state index contributed by atoms with van der Waals surface area (Å²) in [5, 5.41) is 1.14. The van der Waals surface area contributed by atoms with Crippen molar-refractivity contribution in [3.8, 4) is 11.5 Å². The second-order valence-electron chi connectivity index (χ2n) is 5.74. The van der Waals surface area contributed by atoms with Gasteiger partial charge in [0.15, 0.2) is 5.13 Å². The van der Waals surface area contributed by atoms with E-state index in [4.69, 9.17) is 9.47 Å². The maximum absolute atomic E-state index is 5.35. The number of rotatable bonds is 5. The van der Waals surface area contributed by atoms with Gasteiger partial charge < -0.3 is 14.4 Å². The van der Waals surface area contributed by atoms with Gasteiger partial charge in [-0.2, -0.15) is 0 Å². The molecule has 2 aromatic rings. The molecule has 2 heterocycles. The highest BCUT2D eigenvalue weighted by Gasteiger charge is 2.19. The van der Waals surface area contributed by atoms with Gasteiger partial charge in [-0.3, -0.25) is 4.90 Å². The van der Waals surface area contributed by atoms with Crippen molar-refractivity contribution in [1.82, 2.24) is 9.88 Å². The van der Waals surface area contributed by atoms with Crippen molar-refractivity contribution < 1.29 is 9.47 Å². The number of hydrogen-bond acceptors (Lipinski definition) is 6. The Morgan fingerprint density at radius 1 is 1.04 bits per heavy atom. The van der Waals surface area contributed by atoms with Gasteiger partial charge >= 0.3 is 0 Å². The number of ether oxygens (including phenoxy) is 2. The third-order valence-electron chi connectivity index (χ3n) is 4.07. The van der Waals surface area contributed by atoms with Gasteiger partial charge in [0.1, 0.15) is 11.5 Å². The van der Waals surface area contributed by atoms with E-state index in [1.54, 1.807) is 25.6 Å². The number of anilines is 1. The fraction of sp³-hybridized carbons (Fsp3) is 0.471. The van der Waals surface area contributed by atoms with Gasteiger partial charge in [-0.15, -0.1) is 11.3 Å². The van der Waals surface area contributed by atoms with E-state index in [0.717, 1.165) is 49.4 Å². The average Bonchev–Trinajstić information content (AvgIpc) is 3.01. The molecule has 0 spiro atoms. The molecule has 1 saturated heterocycles. The lowest BCUT2D eigenvalue weighted by Crippen LogP contribution is -2.45. The maximum atomic E-state index is 5.35. The molecule has 1 aromatic heterocycles. The highest BCUT2D eigenvalue weighted by molar-refractivity contribution is 7.15. The molecule has 1 aliphatic heterocycles. The molecular formula is C17H23N3O2S. The van der Waals surface area contributed by atoms with Crippen LogP contribution in [0.5, 0.6) is 11.5 Å². The number of thiazole rings is 1. The zero-order valence-corrected chi connectivity index (χ0v) is 14.7. The summed E-state index contributed by atoms with van der Waals surface area (Å²) in [6.07, 6.45) is 1.95. The number of aryl methyl sites for hydroxylation is 1. The SMILES string of the molecule is COc1cc(CN2CCN(c3ncc(C)s3)CC2)cc(OC)c1. The number of aromatic nitrogens is 1. The van der Waals surface area contributed by atoms with Crippen molar-refractivity contribution in [2.24, 2.45) is 0 Å². The van der Waals surface area contributed by atoms with Crippen molar-refractivity contribution in [3.05, 3.63) is 34.8 Å². The molecule has 1 fully saturated rings. The molecular weight excluding hydrogens is 310 g/mol. The third kappa shape index (κ3) is 3.95. The first-order chi connectivity index (χ1) is 11.2. The van der Waals surface area contributed by atoms with E-state index < -0.39 is 0 Å². The summed E-state index contributed by atoms with van der Waals surface area (Å²) in [6, 6.07) is 6.07. The van der Waals surface area contributed by atoms with E-state index in [1.807, 2.05) is 12.3 Å². The Balaban J connectivity index is 1.60.